The molecule has 0 aliphatic carbocycles. The summed E-state index contributed by atoms with van der Waals surface area (Å²) in [5.74, 6) is 0.545. The number of alkyl halides is 1. The van der Waals surface area contributed by atoms with E-state index in [1.165, 1.54) is 6.07 Å². The van der Waals surface area contributed by atoms with Crippen LogP contribution in [0.4, 0.5) is 10.1 Å². The SMILES string of the molecule is CN(CCCCCCl)c1cccc(F)c1. The molecule has 15 heavy (non-hydrogen) atoms. The van der Waals surface area contributed by atoms with Crippen LogP contribution >= 0.6 is 11.6 Å². The smallest absolute Gasteiger partial charge is 0.125 e. The van der Waals surface area contributed by atoms with Crippen LogP contribution in [0.2, 0.25) is 0 Å². The summed E-state index contributed by atoms with van der Waals surface area (Å²) < 4.78 is 12.9. The Morgan fingerprint density at radius 1 is 1.27 bits per heavy atom. The van der Waals surface area contributed by atoms with Crippen molar-refractivity contribution < 1.29 is 4.39 Å². The van der Waals surface area contributed by atoms with Gasteiger partial charge in [-0.2, -0.15) is 0 Å². The first-order valence-corrected chi connectivity index (χ1v) is 5.80. The maximum absolute atomic E-state index is 12.9. The maximum atomic E-state index is 12.9. The summed E-state index contributed by atoms with van der Waals surface area (Å²) in [6.45, 7) is 0.945. The van der Waals surface area contributed by atoms with Gasteiger partial charge in [0.15, 0.2) is 0 Å². The van der Waals surface area contributed by atoms with Crippen molar-refractivity contribution in [1.82, 2.24) is 0 Å². The molecule has 84 valence electrons. The summed E-state index contributed by atoms with van der Waals surface area (Å²) in [5.41, 5.74) is 0.931. The van der Waals surface area contributed by atoms with Gasteiger partial charge in [0.25, 0.3) is 0 Å². The van der Waals surface area contributed by atoms with E-state index in [9.17, 15) is 4.39 Å². The first kappa shape index (κ1) is 12.3. The largest absolute Gasteiger partial charge is 0.375 e. The van der Waals surface area contributed by atoms with Crippen molar-refractivity contribution in [3.8, 4) is 0 Å². The average Bonchev–Trinajstić information content (AvgIpc) is 2.24. The van der Waals surface area contributed by atoms with Crippen LogP contribution in [-0.2, 0) is 0 Å². The van der Waals surface area contributed by atoms with Gasteiger partial charge in [-0.25, -0.2) is 4.39 Å². The van der Waals surface area contributed by atoms with Gasteiger partial charge in [0.2, 0.25) is 0 Å². The molecular weight excluding hydrogens is 213 g/mol. The molecule has 0 fully saturated rings. The molecule has 0 aliphatic heterocycles. The molecule has 1 aromatic carbocycles. The minimum Gasteiger partial charge on any atom is -0.375 e. The number of anilines is 1. The molecule has 0 saturated carbocycles. The van der Waals surface area contributed by atoms with Crippen LogP contribution in [0.3, 0.4) is 0 Å². The van der Waals surface area contributed by atoms with Crippen LogP contribution in [0.1, 0.15) is 19.3 Å². The molecule has 0 N–H and O–H groups in total. The second-order valence-corrected chi connectivity index (χ2v) is 4.03. The summed E-state index contributed by atoms with van der Waals surface area (Å²) in [6, 6.07) is 6.68. The number of unbranched alkanes of at least 4 members (excludes halogenated alkanes) is 2. The lowest BCUT2D eigenvalue weighted by molar-refractivity contribution is 0.626. The van der Waals surface area contributed by atoms with E-state index in [2.05, 4.69) is 4.90 Å². The number of benzene rings is 1. The average molecular weight is 230 g/mol. The molecule has 0 spiro atoms. The second-order valence-electron chi connectivity index (χ2n) is 3.65. The normalized spacial score (nSPS) is 10.3. The minimum absolute atomic E-state index is 0.180. The van der Waals surface area contributed by atoms with Crippen LogP contribution in [0.25, 0.3) is 0 Å². The molecule has 3 heteroatoms. The van der Waals surface area contributed by atoms with Crippen LogP contribution in [0.15, 0.2) is 24.3 Å². The summed E-state index contributed by atoms with van der Waals surface area (Å²) in [4.78, 5) is 2.07. The van der Waals surface area contributed by atoms with E-state index in [0.717, 1.165) is 37.4 Å². The molecule has 0 amide bonds. The van der Waals surface area contributed by atoms with Gasteiger partial charge < -0.3 is 4.90 Å². The summed E-state index contributed by atoms with van der Waals surface area (Å²) in [7, 11) is 1.98. The zero-order chi connectivity index (χ0) is 11.1. The van der Waals surface area contributed by atoms with Gasteiger partial charge in [0.1, 0.15) is 5.82 Å². The van der Waals surface area contributed by atoms with Gasteiger partial charge in [-0.15, -0.1) is 11.6 Å². The number of halogens is 2. The van der Waals surface area contributed by atoms with E-state index in [-0.39, 0.29) is 5.82 Å². The zero-order valence-corrected chi connectivity index (χ0v) is 9.80. The Bertz CT molecular complexity index is 291. The summed E-state index contributed by atoms with van der Waals surface area (Å²) in [6.07, 6.45) is 3.28. The lowest BCUT2D eigenvalue weighted by Crippen LogP contribution is -2.18. The van der Waals surface area contributed by atoms with E-state index in [1.807, 2.05) is 13.1 Å². The van der Waals surface area contributed by atoms with Gasteiger partial charge in [0.05, 0.1) is 0 Å². The number of hydrogen-bond donors (Lipinski definition) is 0. The molecule has 0 bridgehead atoms. The van der Waals surface area contributed by atoms with Crippen molar-refractivity contribution >= 4 is 17.3 Å². The third kappa shape index (κ3) is 4.52. The molecule has 0 saturated heterocycles. The van der Waals surface area contributed by atoms with Crippen LogP contribution in [0.5, 0.6) is 0 Å². The number of nitrogens with zero attached hydrogens (tertiary/aromatic N) is 1. The fraction of sp³-hybridized carbons (Fsp3) is 0.500. The van der Waals surface area contributed by atoms with Crippen LogP contribution in [0, 0.1) is 5.82 Å². The van der Waals surface area contributed by atoms with Gasteiger partial charge >= 0.3 is 0 Å². The highest BCUT2D eigenvalue weighted by Gasteiger charge is 2.01. The fourth-order valence-electron chi connectivity index (χ4n) is 1.46. The fourth-order valence-corrected chi connectivity index (χ4v) is 1.65. The van der Waals surface area contributed by atoms with E-state index < -0.39 is 0 Å². The predicted octanol–water partition coefficient (Wildman–Crippen LogP) is 3.67. The molecule has 0 aromatic heterocycles. The first-order chi connectivity index (χ1) is 7.24. The number of hydrogen-bond acceptors (Lipinski definition) is 1. The van der Waals surface area contributed by atoms with E-state index >= 15 is 0 Å². The highest BCUT2D eigenvalue weighted by molar-refractivity contribution is 6.17. The Morgan fingerprint density at radius 2 is 2.07 bits per heavy atom. The molecule has 1 aromatic rings. The molecule has 0 aliphatic rings. The monoisotopic (exact) mass is 229 g/mol. The maximum Gasteiger partial charge on any atom is 0.125 e. The minimum atomic E-state index is -0.180. The third-order valence-electron chi connectivity index (χ3n) is 2.38. The standard InChI is InChI=1S/C12H17ClFN/c1-15(9-4-2-3-8-13)12-7-5-6-11(14)10-12/h5-7,10H,2-4,8-9H2,1H3. The Morgan fingerprint density at radius 3 is 2.73 bits per heavy atom. The molecule has 0 atom stereocenters. The van der Waals surface area contributed by atoms with Crippen molar-refractivity contribution in [2.75, 3.05) is 24.4 Å². The Kier molecular flexibility index (Phi) is 5.48. The molecule has 1 rings (SSSR count). The highest BCUT2D eigenvalue weighted by Crippen LogP contribution is 2.14. The molecule has 0 radical (unpaired) electrons. The third-order valence-corrected chi connectivity index (χ3v) is 2.64. The van der Waals surface area contributed by atoms with Gasteiger partial charge in [-0.3, -0.25) is 0 Å². The van der Waals surface area contributed by atoms with E-state index in [0.29, 0.717) is 0 Å². The van der Waals surface area contributed by atoms with Crippen molar-refractivity contribution in [2.24, 2.45) is 0 Å². The van der Waals surface area contributed by atoms with Crippen LogP contribution in [-0.4, -0.2) is 19.5 Å². The predicted molar refractivity (Wildman–Crippen MR) is 64.2 cm³/mol. The van der Waals surface area contributed by atoms with Gasteiger partial charge in [-0.05, 0) is 31.0 Å². The molecule has 1 nitrogen and oxygen atoms in total. The molecule has 0 heterocycles. The molecule has 0 unspecified atom stereocenters. The van der Waals surface area contributed by atoms with E-state index in [1.54, 1.807) is 12.1 Å². The first-order valence-electron chi connectivity index (χ1n) is 5.26. The van der Waals surface area contributed by atoms with Crippen molar-refractivity contribution in [3.05, 3.63) is 30.1 Å². The number of rotatable bonds is 6. The zero-order valence-electron chi connectivity index (χ0n) is 9.05. The van der Waals surface area contributed by atoms with E-state index in [4.69, 9.17) is 11.6 Å². The van der Waals surface area contributed by atoms with Crippen molar-refractivity contribution in [3.63, 3.8) is 0 Å². The summed E-state index contributed by atoms with van der Waals surface area (Å²) in [5, 5.41) is 0. The second kappa shape index (κ2) is 6.67. The van der Waals surface area contributed by atoms with Crippen LogP contribution < -0.4 is 4.90 Å². The van der Waals surface area contributed by atoms with Crippen molar-refractivity contribution in [2.45, 2.75) is 19.3 Å². The lowest BCUT2D eigenvalue weighted by atomic mass is 10.2. The molecular formula is C12H17ClFN. The highest BCUT2D eigenvalue weighted by atomic mass is 35.5. The Labute approximate surface area is 95.8 Å². The quantitative estimate of drug-likeness (QED) is 0.532. The topological polar surface area (TPSA) is 3.24 Å². The Hall–Kier alpha value is -0.760. The van der Waals surface area contributed by atoms with Gasteiger partial charge in [0, 0.05) is 25.2 Å². The lowest BCUT2D eigenvalue weighted by Gasteiger charge is -2.19. The van der Waals surface area contributed by atoms with Gasteiger partial charge in [-0.1, -0.05) is 12.5 Å². The van der Waals surface area contributed by atoms with Crippen molar-refractivity contribution in [1.29, 1.82) is 0 Å². The summed E-state index contributed by atoms with van der Waals surface area (Å²) >= 11 is 5.59. The Balaban J connectivity index is 2.36.